The number of hydrogen-bond donors (Lipinski definition) is 1. The average molecular weight is 274 g/mol. The molecule has 0 aromatic heterocycles. The van der Waals surface area contributed by atoms with Crippen molar-refractivity contribution in [1.29, 1.82) is 0 Å². The van der Waals surface area contributed by atoms with Gasteiger partial charge in [0.15, 0.2) is 0 Å². The van der Waals surface area contributed by atoms with Gasteiger partial charge in [0.2, 0.25) is 0 Å². The minimum absolute atomic E-state index is 0.575. The second kappa shape index (κ2) is 7.68. The van der Waals surface area contributed by atoms with Crippen LogP contribution in [-0.2, 0) is 6.42 Å². The van der Waals surface area contributed by atoms with Crippen molar-refractivity contribution in [2.24, 2.45) is 5.92 Å². The van der Waals surface area contributed by atoms with Crippen LogP contribution in [0.1, 0.15) is 45.6 Å². The second-order valence-corrected chi connectivity index (χ2v) is 6.16. The molecule has 0 amide bonds. The van der Waals surface area contributed by atoms with E-state index >= 15 is 0 Å². The molecule has 1 aromatic carbocycles. The zero-order valence-electron chi connectivity index (χ0n) is 13.4. The SMILES string of the molecule is CCCN1CCC(C(C)Nc2ccc(CC)cc2)CC1. The first kappa shape index (κ1) is 15.4. The molecule has 1 fully saturated rings. The molecule has 2 rings (SSSR count). The standard InChI is InChI=1S/C18H30N2/c1-4-12-20-13-10-17(11-14-20)15(3)19-18-8-6-16(5-2)7-9-18/h6-9,15,17,19H,4-5,10-14H2,1-3H3. The summed E-state index contributed by atoms with van der Waals surface area (Å²) in [7, 11) is 0. The summed E-state index contributed by atoms with van der Waals surface area (Å²) in [6.07, 6.45) is 5.07. The van der Waals surface area contributed by atoms with E-state index in [2.05, 4.69) is 55.3 Å². The number of nitrogens with one attached hydrogen (secondary N) is 1. The predicted molar refractivity (Wildman–Crippen MR) is 88.4 cm³/mol. The molecular weight excluding hydrogens is 244 g/mol. The molecule has 1 aliphatic rings. The molecule has 0 radical (unpaired) electrons. The van der Waals surface area contributed by atoms with Crippen LogP contribution in [-0.4, -0.2) is 30.6 Å². The Morgan fingerprint density at radius 2 is 1.80 bits per heavy atom. The number of nitrogens with zero attached hydrogens (tertiary/aromatic N) is 1. The molecule has 2 heteroatoms. The Morgan fingerprint density at radius 3 is 2.35 bits per heavy atom. The van der Waals surface area contributed by atoms with Gasteiger partial charge in [-0.1, -0.05) is 26.0 Å². The number of hydrogen-bond acceptors (Lipinski definition) is 2. The average Bonchev–Trinajstić information content (AvgIpc) is 2.49. The zero-order chi connectivity index (χ0) is 14.4. The van der Waals surface area contributed by atoms with E-state index in [1.54, 1.807) is 0 Å². The highest BCUT2D eigenvalue weighted by atomic mass is 15.1. The van der Waals surface area contributed by atoms with Gasteiger partial charge < -0.3 is 10.2 Å². The molecule has 1 unspecified atom stereocenters. The Morgan fingerprint density at radius 1 is 1.15 bits per heavy atom. The van der Waals surface area contributed by atoms with Crippen LogP contribution in [0.5, 0.6) is 0 Å². The van der Waals surface area contributed by atoms with E-state index in [0.717, 1.165) is 12.3 Å². The molecule has 20 heavy (non-hydrogen) atoms. The Kier molecular flexibility index (Phi) is 5.90. The van der Waals surface area contributed by atoms with Crippen LogP contribution in [0.3, 0.4) is 0 Å². The van der Waals surface area contributed by atoms with Crippen LogP contribution in [0.15, 0.2) is 24.3 Å². The van der Waals surface area contributed by atoms with Crippen molar-refractivity contribution < 1.29 is 0 Å². The maximum Gasteiger partial charge on any atom is 0.0342 e. The molecule has 0 spiro atoms. The molecule has 1 atom stereocenters. The van der Waals surface area contributed by atoms with Gasteiger partial charge >= 0.3 is 0 Å². The minimum Gasteiger partial charge on any atom is -0.382 e. The zero-order valence-corrected chi connectivity index (χ0v) is 13.4. The number of aryl methyl sites for hydroxylation is 1. The summed E-state index contributed by atoms with van der Waals surface area (Å²) in [5, 5.41) is 3.69. The van der Waals surface area contributed by atoms with E-state index in [1.807, 2.05) is 0 Å². The molecule has 2 nitrogen and oxygen atoms in total. The van der Waals surface area contributed by atoms with Crippen molar-refractivity contribution in [2.45, 2.75) is 52.5 Å². The summed E-state index contributed by atoms with van der Waals surface area (Å²) in [4.78, 5) is 2.61. The highest BCUT2D eigenvalue weighted by Crippen LogP contribution is 2.23. The first-order valence-electron chi connectivity index (χ1n) is 8.30. The van der Waals surface area contributed by atoms with E-state index in [0.29, 0.717) is 6.04 Å². The van der Waals surface area contributed by atoms with Crippen molar-refractivity contribution in [1.82, 2.24) is 4.90 Å². The van der Waals surface area contributed by atoms with Crippen LogP contribution in [0.2, 0.25) is 0 Å². The lowest BCUT2D eigenvalue weighted by atomic mass is 9.90. The van der Waals surface area contributed by atoms with Crippen molar-refractivity contribution in [3.05, 3.63) is 29.8 Å². The first-order valence-corrected chi connectivity index (χ1v) is 8.30. The monoisotopic (exact) mass is 274 g/mol. The number of rotatable bonds is 6. The quantitative estimate of drug-likeness (QED) is 0.837. The van der Waals surface area contributed by atoms with Crippen LogP contribution in [0, 0.1) is 5.92 Å². The van der Waals surface area contributed by atoms with Gasteiger partial charge in [-0.25, -0.2) is 0 Å². The summed E-state index contributed by atoms with van der Waals surface area (Å²) in [6, 6.07) is 9.49. The summed E-state index contributed by atoms with van der Waals surface area (Å²) in [5.74, 6) is 0.814. The lowest BCUT2D eigenvalue weighted by molar-refractivity contribution is 0.176. The topological polar surface area (TPSA) is 15.3 Å². The van der Waals surface area contributed by atoms with Gasteiger partial charge in [-0.15, -0.1) is 0 Å². The third kappa shape index (κ3) is 4.24. The highest BCUT2D eigenvalue weighted by Gasteiger charge is 2.23. The van der Waals surface area contributed by atoms with Crippen molar-refractivity contribution >= 4 is 5.69 Å². The fraction of sp³-hybridized carbons (Fsp3) is 0.667. The molecule has 1 saturated heterocycles. The van der Waals surface area contributed by atoms with E-state index in [-0.39, 0.29) is 0 Å². The van der Waals surface area contributed by atoms with E-state index in [1.165, 1.54) is 50.1 Å². The van der Waals surface area contributed by atoms with Gasteiger partial charge in [-0.3, -0.25) is 0 Å². The smallest absolute Gasteiger partial charge is 0.0342 e. The lowest BCUT2D eigenvalue weighted by Crippen LogP contribution is -2.39. The van der Waals surface area contributed by atoms with Crippen LogP contribution in [0.4, 0.5) is 5.69 Å². The van der Waals surface area contributed by atoms with Crippen LogP contribution in [0.25, 0.3) is 0 Å². The number of benzene rings is 1. The minimum atomic E-state index is 0.575. The molecule has 112 valence electrons. The van der Waals surface area contributed by atoms with Gasteiger partial charge in [-0.2, -0.15) is 0 Å². The maximum absolute atomic E-state index is 3.69. The van der Waals surface area contributed by atoms with Gasteiger partial charge in [-0.05, 0) is 75.9 Å². The predicted octanol–water partition coefficient (Wildman–Crippen LogP) is 4.17. The highest BCUT2D eigenvalue weighted by molar-refractivity contribution is 5.45. The maximum atomic E-state index is 3.69. The molecule has 1 N–H and O–H groups in total. The molecule has 1 heterocycles. The molecule has 1 aromatic rings. The molecule has 1 aliphatic heterocycles. The fourth-order valence-electron chi connectivity index (χ4n) is 3.21. The summed E-state index contributed by atoms with van der Waals surface area (Å²) >= 11 is 0. The van der Waals surface area contributed by atoms with Gasteiger partial charge in [0.1, 0.15) is 0 Å². The van der Waals surface area contributed by atoms with Gasteiger partial charge in [0.05, 0.1) is 0 Å². The first-order chi connectivity index (χ1) is 9.72. The van der Waals surface area contributed by atoms with E-state index < -0.39 is 0 Å². The summed E-state index contributed by atoms with van der Waals surface area (Å²) < 4.78 is 0. The molecule has 0 saturated carbocycles. The Hall–Kier alpha value is -1.02. The molecular formula is C18H30N2. The Bertz CT molecular complexity index is 377. The number of anilines is 1. The largest absolute Gasteiger partial charge is 0.382 e. The van der Waals surface area contributed by atoms with Crippen molar-refractivity contribution in [3.8, 4) is 0 Å². The summed E-state index contributed by atoms with van der Waals surface area (Å²) in [6.45, 7) is 10.6. The lowest BCUT2D eigenvalue weighted by Gasteiger charge is -2.35. The van der Waals surface area contributed by atoms with Crippen LogP contribution >= 0.6 is 0 Å². The van der Waals surface area contributed by atoms with E-state index in [4.69, 9.17) is 0 Å². The van der Waals surface area contributed by atoms with Crippen molar-refractivity contribution in [3.63, 3.8) is 0 Å². The van der Waals surface area contributed by atoms with E-state index in [9.17, 15) is 0 Å². The Balaban J connectivity index is 1.81. The third-order valence-corrected chi connectivity index (χ3v) is 4.64. The number of likely N-dealkylation sites (tertiary alicyclic amines) is 1. The summed E-state index contributed by atoms with van der Waals surface area (Å²) in [5.41, 5.74) is 2.68. The second-order valence-electron chi connectivity index (χ2n) is 6.16. The van der Waals surface area contributed by atoms with Gasteiger partial charge in [0, 0.05) is 11.7 Å². The van der Waals surface area contributed by atoms with Crippen molar-refractivity contribution in [2.75, 3.05) is 25.0 Å². The fourth-order valence-corrected chi connectivity index (χ4v) is 3.21. The Labute approximate surface area is 124 Å². The molecule has 0 aliphatic carbocycles. The normalized spacial score (nSPS) is 18.9. The third-order valence-electron chi connectivity index (χ3n) is 4.64. The van der Waals surface area contributed by atoms with Crippen LogP contribution < -0.4 is 5.32 Å². The molecule has 0 bridgehead atoms. The van der Waals surface area contributed by atoms with Gasteiger partial charge in [0.25, 0.3) is 0 Å². The number of piperidine rings is 1.